The Labute approximate surface area is 199 Å². The first-order valence-corrected chi connectivity index (χ1v) is 10.5. The second kappa shape index (κ2) is 8.87. The summed E-state index contributed by atoms with van der Waals surface area (Å²) in [4.78, 5) is 17.1. The van der Waals surface area contributed by atoms with Gasteiger partial charge in [-0.1, -0.05) is 29.8 Å². The molecule has 1 N–H and O–H groups in total. The summed E-state index contributed by atoms with van der Waals surface area (Å²) in [5.74, 6) is -10.9. The maximum atomic E-state index is 14.0. The highest BCUT2D eigenvalue weighted by molar-refractivity contribution is 6.07. The third-order valence-corrected chi connectivity index (χ3v) is 5.50. The van der Waals surface area contributed by atoms with Crippen molar-refractivity contribution < 1.29 is 26.7 Å². The van der Waals surface area contributed by atoms with Gasteiger partial charge in [0.05, 0.1) is 24.0 Å². The number of carbonyl (C=O) groups is 1. The van der Waals surface area contributed by atoms with Crippen LogP contribution in [0.1, 0.15) is 21.5 Å². The summed E-state index contributed by atoms with van der Waals surface area (Å²) in [5.41, 5.74) is 2.04. The number of fused-ring (bicyclic) bond motifs is 1. The zero-order chi connectivity index (χ0) is 25.6. The van der Waals surface area contributed by atoms with E-state index in [0.29, 0.717) is 5.69 Å². The third-order valence-electron chi connectivity index (χ3n) is 5.50. The number of aromatic nitrogens is 5. The van der Waals surface area contributed by atoms with Crippen LogP contribution in [-0.2, 0) is 6.54 Å². The second-order valence-corrected chi connectivity index (χ2v) is 7.89. The summed E-state index contributed by atoms with van der Waals surface area (Å²) >= 11 is 0. The molecule has 1 amide bonds. The molecule has 0 bridgehead atoms. The van der Waals surface area contributed by atoms with Crippen LogP contribution in [0.15, 0.2) is 55.0 Å². The molecule has 36 heavy (non-hydrogen) atoms. The first-order chi connectivity index (χ1) is 17.2. The van der Waals surface area contributed by atoms with Crippen molar-refractivity contribution in [2.24, 2.45) is 0 Å². The number of nitrogens with zero attached hydrogens (tertiary/aromatic N) is 5. The number of amides is 1. The van der Waals surface area contributed by atoms with E-state index in [-0.39, 0.29) is 17.0 Å². The molecule has 0 spiro atoms. The number of carbonyl (C=O) groups excluding carboxylic acids is 1. The Morgan fingerprint density at radius 1 is 0.917 bits per heavy atom. The van der Waals surface area contributed by atoms with Gasteiger partial charge >= 0.3 is 0 Å². The molecule has 0 unspecified atom stereocenters. The Balaban J connectivity index is 1.39. The van der Waals surface area contributed by atoms with Gasteiger partial charge in [-0.25, -0.2) is 31.5 Å². The lowest BCUT2D eigenvalue weighted by Gasteiger charge is -2.08. The van der Waals surface area contributed by atoms with Crippen LogP contribution >= 0.6 is 0 Å². The fraction of sp³-hybridized carbons (Fsp3) is 0.0833. The largest absolute Gasteiger partial charge is 0.305 e. The minimum absolute atomic E-state index is 0.0158. The van der Waals surface area contributed by atoms with Gasteiger partial charge in [-0.15, -0.1) is 0 Å². The van der Waals surface area contributed by atoms with E-state index in [1.807, 2.05) is 31.2 Å². The molecule has 182 valence electrons. The van der Waals surface area contributed by atoms with E-state index in [1.54, 1.807) is 12.3 Å². The summed E-state index contributed by atoms with van der Waals surface area (Å²) < 4.78 is 70.6. The first kappa shape index (κ1) is 23.1. The molecule has 0 atom stereocenters. The van der Waals surface area contributed by atoms with Crippen LogP contribution in [0.25, 0.3) is 16.9 Å². The zero-order valence-corrected chi connectivity index (χ0v) is 18.4. The maximum absolute atomic E-state index is 14.0. The molecule has 5 aromatic rings. The van der Waals surface area contributed by atoms with Crippen molar-refractivity contribution >= 4 is 17.4 Å². The maximum Gasteiger partial charge on any atom is 0.262 e. The van der Waals surface area contributed by atoms with Gasteiger partial charge < -0.3 is 5.32 Å². The summed E-state index contributed by atoms with van der Waals surface area (Å²) in [6.07, 6.45) is 4.10. The number of hydrogen-bond acceptors (Lipinski definition) is 4. The lowest BCUT2D eigenvalue weighted by molar-refractivity contribution is 0.102. The van der Waals surface area contributed by atoms with Crippen LogP contribution in [0, 0.1) is 36.0 Å². The zero-order valence-electron chi connectivity index (χ0n) is 18.4. The molecule has 0 radical (unpaired) electrons. The molecule has 0 aliphatic carbocycles. The Bertz CT molecular complexity index is 1600. The molecule has 0 saturated carbocycles. The number of aryl methyl sites for hydroxylation is 1. The van der Waals surface area contributed by atoms with Gasteiger partial charge in [0, 0.05) is 24.0 Å². The number of anilines is 1. The lowest BCUT2D eigenvalue weighted by atomic mass is 10.1. The molecule has 3 heterocycles. The van der Waals surface area contributed by atoms with Crippen LogP contribution in [0.4, 0.5) is 27.8 Å². The van der Waals surface area contributed by atoms with Gasteiger partial charge in [-0.05, 0) is 13.0 Å². The van der Waals surface area contributed by atoms with Gasteiger partial charge in [0.15, 0.2) is 34.7 Å². The minimum Gasteiger partial charge on any atom is -0.305 e. The standard InChI is InChI=1S/C24H15F5N6O/c1-12-2-4-13(5-3-12)16-6-8-30-23-14(10-31-35(16)23)24(36)32-17-7-9-34(33-17)11-15-18(25)20(27)22(29)21(28)19(15)26/h2-10H,11H2,1H3,(H,32,33,36). The van der Waals surface area contributed by atoms with E-state index in [4.69, 9.17) is 0 Å². The monoisotopic (exact) mass is 498 g/mol. The van der Waals surface area contributed by atoms with Crippen molar-refractivity contribution in [3.63, 3.8) is 0 Å². The number of halogens is 5. The van der Waals surface area contributed by atoms with Crippen molar-refractivity contribution in [2.75, 3.05) is 5.32 Å². The fourth-order valence-electron chi connectivity index (χ4n) is 3.65. The Hall–Kier alpha value is -4.61. The normalized spacial score (nSPS) is 11.3. The Kier molecular flexibility index (Phi) is 5.71. The summed E-state index contributed by atoms with van der Waals surface area (Å²) in [5, 5.41) is 10.7. The quantitative estimate of drug-likeness (QED) is 0.213. The number of rotatable bonds is 5. The summed E-state index contributed by atoms with van der Waals surface area (Å²) in [6, 6.07) is 10.8. The van der Waals surface area contributed by atoms with Crippen molar-refractivity contribution in [2.45, 2.75) is 13.5 Å². The molecule has 2 aromatic carbocycles. The van der Waals surface area contributed by atoms with Gasteiger partial charge in [0.1, 0.15) is 5.56 Å². The highest BCUT2D eigenvalue weighted by Gasteiger charge is 2.26. The molecule has 0 aliphatic heterocycles. The Morgan fingerprint density at radius 2 is 1.58 bits per heavy atom. The highest BCUT2D eigenvalue weighted by Crippen LogP contribution is 2.24. The third kappa shape index (κ3) is 3.96. The number of benzene rings is 2. The molecule has 0 aliphatic rings. The van der Waals surface area contributed by atoms with Gasteiger partial charge in [-0.3, -0.25) is 9.48 Å². The van der Waals surface area contributed by atoms with Crippen LogP contribution in [0.3, 0.4) is 0 Å². The van der Waals surface area contributed by atoms with E-state index in [9.17, 15) is 26.7 Å². The highest BCUT2D eigenvalue weighted by atomic mass is 19.2. The first-order valence-electron chi connectivity index (χ1n) is 10.5. The summed E-state index contributed by atoms with van der Waals surface area (Å²) in [6.45, 7) is 1.21. The van der Waals surface area contributed by atoms with Crippen molar-refractivity contribution in [1.29, 1.82) is 0 Å². The molecule has 3 aromatic heterocycles. The van der Waals surface area contributed by atoms with Crippen molar-refractivity contribution in [3.8, 4) is 11.3 Å². The SMILES string of the molecule is Cc1ccc(-c2ccnc3c(C(=O)Nc4ccn(Cc5c(F)c(F)c(F)c(F)c5F)n4)cnn23)cc1. The van der Waals surface area contributed by atoms with E-state index in [0.717, 1.165) is 15.8 Å². The van der Waals surface area contributed by atoms with Gasteiger partial charge in [-0.2, -0.15) is 10.2 Å². The van der Waals surface area contributed by atoms with E-state index >= 15 is 0 Å². The summed E-state index contributed by atoms with van der Waals surface area (Å²) in [7, 11) is 0. The molecule has 7 nitrogen and oxygen atoms in total. The predicted molar refractivity (Wildman–Crippen MR) is 119 cm³/mol. The van der Waals surface area contributed by atoms with Crippen LogP contribution in [-0.4, -0.2) is 30.3 Å². The minimum atomic E-state index is -2.24. The lowest BCUT2D eigenvalue weighted by Crippen LogP contribution is -2.14. The molecular weight excluding hydrogens is 483 g/mol. The van der Waals surface area contributed by atoms with E-state index in [1.165, 1.54) is 23.0 Å². The van der Waals surface area contributed by atoms with E-state index < -0.39 is 47.1 Å². The molecule has 12 heteroatoms. The molecule has 0 fully saturated rings. The molecular formula is C24H15F5N6O. The fourth-order valence-corrected chi connectivity index (χ4v) is 3.65. The second-order valence-electron chi connectivity index (χ2n) is 7.89. The average Bonchev–Trinajstić information content (AvgIpc) is 3.51. The Morgan fingerprint density at radius 3 is 2.28 bits per heavy atom. The molecule has 5 rings (SSSR count). The van der Waals surface area contributed by atoms with E-state index in [2.05, 4.69) is 20.5 Å². The number of hydrogen-bond donors (Lipinski definition) is 1. The average molecular weight is 498 g/mol. The van der Waals surface area contributed by atoms with Gasteiger partial charge in [0.25, 0.3) is 5.91 Å². The number of nitrogens with one attached hydrogen (secondary N) is 1. The van der Waals surface area contributed by atoms with Crippen LogP contribution < -0.4 is 5.32 Å². The predicted octanol–water partition coefficient (Wildman–Crippen LogP) is 4.90. The molecule has 0 saturated heterocycles. The van der Waals surface area contributed by atoms with Crippen LogP contribution in [0.5, 0.6) is 0 Å². The smallest absolute Gasteiger partial charge is 0.262 e. The topological polar surface area (TPSA) is 77.1 Å². The van der Waals surface area contributed by atoms with Crippen molar-refractivity contribution in [3.05, 3.63) is 101 Å². The van der Waals surface area contributed by atoms with Gasteiger partial charge in [0.2, 0.25) is 5.82 Å². The van der Waals surface area contributed by atoms with Crippen LogP contribution in [0.2, 0.25) is 0 Å². The van der Waals surface area contributed by atoms with Crippen molar-refractivity contribution in [1.82, 2.24) is 24.4 Å².